The Hall–Kier alpha value is -2.14. The van der Waals surface area contributed by atoms with Crippen molar-refractivity contribution in [3.63, 3.8) is 0 Å². The topological polar surface area (TPSA) is 58.2 Å². The molecule has 2 aromatic rings. The largest absolute Gasteiger partial charge is 0.325 e. The third kappa shape index (κ3) is 4.18. The van der Waals surface area contributed by atoms with Gasteiger partial charge in [0.15, 0.2) is 0 Å². The van der Waals surface area contributed by atoms with Gasteiger partial charge in [-0.1, -0.05) is 30.3 Å². The highest BCUT2D eigenvalue weighted by molar-refractivity contribution is 9.10. The number of nitrogens with one attached hydrogen (secondary N) is 2. The molecule has 0 bridgehead atoms. The Morgan fingerprint density at radius 2 is 1.50 bits per heavy atom. The molecule has 5 heteroatoms. The Morgan fingerprint density at radius 1 is 0.909 bits per heavy atom. The number of aryl methyl sites for hydroxylation is 2. The summed E-state index contributed by atoms with van der Waals surface area (Å²) in [7, 11) is 0. The summed E-state index contributed by atoms with van der Waals surface area (Å²) in [6.45, 7) is 3.84. The predicted molar refractivity (Wildman–Crippen MR) is 91.9 cm³/mol. The summed E-state index contributed by atoms with van der Waals surface area (Å²) in [5, 5.41) is 5.51. The van der Waals surface area contributed by atoms with Crippen LogP contribution in [0.25, 0.3) is 0 Å². The molecule has 22 heavy (non-hydrogen) atoms. The molecule has 0 unspecified atom stereocenters. The van der Waals surface area contributed by atoms with Crippen molar-refractivity contribution in [3.05, 3.63) is 58.1 Å². The third-order valence-corrected chi connectivity index (χ3v) is 3.91. The summed E-state index contributed by atoms with van der Waals surface area (Å²) in [4.78, 5) is 24.0. The number of benzene rings is 2. The van der Waals surface area contributed by atoms with Gasteiger partial charge in [0.1, 0.15) is 6.42 Å². The van der Waals surface area contributed by atoms with Gasteiger partial charge in [0.2, 0.25) is 11.8 Å². The molecule has 0 saturated carbocycles. The molecule has 4 nitrogen and oxygen atoms in total. The Bertz CT molecular complexity index is 693. The normalized spacial score (nSPS) is 10.1. The van der Waals surface area contributed by atoms with Crippen LogP contribution in [0.15, 0.2) is 46.9 Å². The fourth-order valence-electron chi connectivity index (χ4n) is 2.10. The second-order valence-electron chi connectivity index (χ2n) is 5.02. The van der Waals surface area contributed by atoms with E-state index in [2.05, 4.69) is 26.6 Å². The maximum absolute atomic E-state index is 12.0. The Morgan fingerprint density at radius 3 is 2.14 bits per heavy atom. The Labute approximate surface area is 138 Å². The van der Waals surface area contributed by atoms with Crippen molar-refractivity contribution < 1.29 is 9.59 Å². The van der Waals surface area contributed by atoms with E-state index in [1.165, 1.54) is 0 Å². The smallest absolute Gasteiger partial charge is 0.233 e. The quantitative estimate of drug-likeness (QED) is 0.808. The first kappa shape index (κ1) is 16.2. The van der Waals surface area contributed by atoms with Crippen LogP contribution in [-0.4, -0.2) is 11.8 Å². The van der Waals surface area contributed by atoms with Gasteiger partial charge in [-0.2, -0.15) is 0 Å². The van der Waals surface area contributed by atoms with Gasteiger partial charge in [-0.25, -0.2) is 0 Å². The van der Waals surface area contributed by atoms with Crippen molar-refractivity contribution in [2.45, 2.75) is 20.3 Å². The van der Waals surface area contributed by atoms with Gasteiger partial charge in [-0.05, 0) is 53.0 Å². The van der Waals surface area contributed by atoms with Crippen LogP contribution in [0.4, 0.5) is 11.4 Å². The fourth-order valence-corrected chi connectivity index (χ4v) is 2.48. The highest BCUT2D eigenvalue weighted by Gasteiger charge is 2.13. The second-order valence-corrected chi connectivity index (χ2v) is 5.87. The Balaban J connectivity index is 1.98. The molecule has 2 rings (SSSR count). The van der Waals surface area contributed by atoms with E-state index in [0.29, 0.717) is 5.69 Å². The molecule has 0 aliphatic carbocycles. The first-order valence-corrected chi connectivity index (χ1v) is 7.67. The van der Waals surface area contributed by atoms with Crippen molar-refractivity contribution in [3.8, 4) is 0 Å². The van der Waals surface area contributed by atoms with Gasteiger partial charge in [0.25, 0.3) is 0 Å². The number of amides is 2. The predicted octanol–water partition coefficient (Wildman–Crippen LogP) is 4.03. The van der Waals surface area contributed by atoms with Crippen LogP contribution in [0.3, 0.4) is 0 Å². The molecule has 0 spiro atoms. The molecule has 0 aliphatic rings. The van der Waals surface area contributed by atoms with Crippen LogP contribution >= 0.6 is 15.9 Å². The summed E-state index contributed by atoms with van der Waals surface area (Å²) in [5.41, 5.74) is 3.35. The zero-order chi connectivity index (χ0) is 16.1. The monoisotopic (exact) mass is 360 g/mol. The van der Waals surface area contributed by atoms with Crippen LogP contribution in [-0.2, 0) is 9.59 Å². The van der Waals surface area contributed by atoms with Crippen LogP contribution in [0.5, 0.6) is 0 Å². The van der Waals surface area contributed by atoms with E-state index in [1.54, 1.807) is 6.07 Å². The lowest BCUT2D eigenvalue weighted by Crippen LogP contribution is -2.22. The number of anilines is 2. The summed E-state index contributed by atoms with van der Waals surface area (Å²) < 4.78 is 0.776. The molecule has 0 fully saturated rings. The fraction of sp³-hybridized carbons (Fsp3) is 0.176. The van der Waals surface area contributed by atoms with Gasteiger partial charge >= 0.3 is 0 Å². The van der Waals surface area contributed by atoms with Crippen LogP contribution < -0.4 is 10.6 Å². The van der Waals surface area contributed by atoms with Crippen molar-refractivity contribution in [2.24, 2.45) is 0 Å². The minimum Gasteiger partial charge on any atom is -0.325 e. The van der Waals surface area contributed by atoms with Gasteiger partial charge in [-0.15, -0.1) is 0 Å². The number of hydrogen-bond acceptors (Lipinski definition) is 2. The number of halogens is 1. The average molecular weight is 361 g/mol. The lowest BCUT2D eigenvalue weighted by molar-refractivity contribution is -0.123. The standard InChI is InChI=1S/C17H17BrN2O2/c1-11-6-5-7-12(2)17(11)20-16(22)10-15(21)19-14-9-4-3-8-13(14)18/h3-9H,10H2,1-2H3,(H,19,21)(H,20,22). The number of hydrogen-bond donors (Lipinski definition) is 2. The summed E-state index contributed by atoms with van der Waals surface area (Å²) in [6, 6.07) is 13.0. The molecular weight excluding hydrogens is 344 g/mol. The number of carbonyl (C=O) groups excluding carboxylic acids is 2. The lowest BCUT2D eigenvalue weighted by atomic mass is 10.1. The van der Waals surface area contributed by atoms with Crippen LogP contribution in [0, 0.1) is 13.8 Å². The molecule has 2 aromatic carbocycles. The molecule has 0 aliphatic heterocycles. The molecule has 114 valence electrons. The Kier molecular flexibility index (Phi) is 5.33. The number of para-hydroxylation sites is 2. The molecule has 0 saturated heterocycles. The molecule has 0 atom stereocenters. The van der Waals surface area contributed by atoms with Crippen molar-refractivity contribution in [2.75, 3.05) is 10.6 Å². The van der Waals surface area contributed by atoms with Crippen LogP contribution in [0.2, 0.25) is 0 Å². The molecule has 2 amide bonds. The minimum atomic E-state index is -0.351. The highest BCUT2D eigenvalue weighted by atomic mass is 79.9. The van der Waals surface area contributed by atoms with Crippen molar-refractivity contribution in [1.29, 1.82) is 0 Å². The maximum atomic E-state index is 12.0. The second kappa shape index (κ2) is 7.22. The first-order valence-electron chi connectivity index (χ1n) is 6.88. The van der Waals surface area contributed by atoms with Crippen molar-refractivity contribution >= 4 is 39.1 Å². The first-order chi connectivity index (χ1) is 10.5. The van der Waals surface area contributed by atoms with E-state index in [4.69, 9.17) is 0 Å². The number of rotatable bonds is 4. The molecule has 0 radical (unpaired) electrons. The lowest BCUT2D eigenvalue weighted by Gasteiger charge is -2.11. The molecule has 2 N–H and O–H groups in total. The van der Waals surface area contributed by atoms with Gasteiger partial charge in [0.05, 0.1) is 5.69 Å². The maximum Gasteiger partial charge on any atom is 0.233 e. The van der Waals surface area contributed by atoms with E-state index in [1.807, 2.05) is 50.2 Å². The van der Waals surface area contributed by atoms with Gasteiger partial charge in [0, 0.05) is 10.2 Å². The van der Waals surface area contributed by atoms with Crippen molar-refractivity contribution in [1.82, 2.24) is 0 Å². The SMILES string of the molecule is Cc1cccc(C)c1NC(=O)CC(=O)Nc1ccccc1Br. The summed E-state index contributed by atoms with van der Waals surface area (Å²) in [5.74, 6) is -0.683. The molecule has 0 heterocycles. The minimum absolute atomic E-state index is 0.227. The van der Waals surface area contributed by atoms with Gasteiger partial charge < -0.3 is 10.6 Å². The van der Waals surface area contributed by atoms with E-state index >= 15 is 0 Å². The summed E-state index contributed by atoms with van der Waals surface area (Å²) >= 11 is 3.35. The van der Waals surface area contributed by atoms with Gasteiger partial charge in [-0.3, -0.25) is 9.59 Å². The van der Waals surface area contributed by atoms with Crippen LogP contribution in [0.1, 0.15) is 17.5 Å². The average Bonchev–Trinajstić information content (AvgIpc) is 2.45. The highest BCUT2D eigenvalue weighted by Crippen LogP contribution is 2.22. The molecular formula is C17H17BrN2O2. The zero-order valence-corrected chi connectivity index (χ0v) is 14.0. The zero-order valence-electron chi connectivity index (χ0n) is 12.4. The van der Waals surface area contributed by atoms with E-state index in [9.17, 15) is 9.59 Å². The van der Waals surface area contributed by atoms with E-state index in [0.717, 1.165) is 21.3 Å². The van der Waals surface area contributed by atoms with E-state index in [-0.39, 0.29) is 18.2 Å². The number of carbonyl (C=O) groups is 2. The summed E-state index contributed by atoms with van der Waals surface area (Å²) in [6.07, 6.45) is -0.227. The third-order valence-electron chi connectivity index (χ3n) is 3.21. The van der Waals surface area contributed by atoms with E-state index < -0.39 is 0 Å². The molecule has 0 aromatic heterocycles.